The Hall–Kier alpha value is -1.91. The topological polar surface area (TPSA) is 58.1 Å². The van der Waals surface area contributed by atoms with Gasteiger partial charge < -0.3 is 10.2 Å². The lowest BCUT2D eigenvalue weighted by molar-refractivity contribution is -0.125. The van der Waals surface area contributed by atoms with Gasteiger partial charge in [-0.25, -0.2) is 9.97 Å². The Labute approximate surface area is 169 Å². The van der Waals surface area contributed by atoms with E-state index >= 15 is 0 Å². The molecule has 3 aliphatic rings. The van der Waals surface area contributed by atoms with Crippen LogP contribution in [0.25, 0.3) is 0 Å². The molecule has 5 heteroatoms. The van der Waals surface area contributed by atoms with Gasteiger partial charge in [0.25, 0.3) is 0 Å². The van der Waals surface area contributed by atoms with Gasteiger partial charge in [0.1, 0.15) is 0 Å². The molecular weight excluding hydrogens is 348 g/mol. The molecule has 3 heterocycles. The first kappa shape index (κ1) is 19.4. The number of aromatic nitrogens is 2. The average Bonchev–Trinajstić information content (AvgIpc) is 2.88. The molecular formula is C23H34N4O. The summed E-state index contributed by atoms with van der Waals surface area (Å²) in [4.78, 5) is 24.7. The highest BCUT2D eigenvalue weighted by Gasteiger charge is 2.42. The molecule has 1 unspecified atom stereocenters. The average molecular weight is 383 g/mol. The second kappa shape index (κ2) is 8.62. The SMILES string of the molecule is CCc1cc(C)nc(N2[C@@H]3CC[C@H]2CC(CNC(=O)C2CCC=CCC2)C3)n1. The molecule has 0 aromatic carbocycles. The van der Waals surface area contributed by atoms with Gasteiger partial charge in [-0.3, -0.25) is 4.79 Å². The van der Waals surface area contributed by atoms with E-state index in [1.807, 2.05) is 0 Å². The molecule has 2 bridgehead atoms. The second-order valence-corrected chi connectivity index (χ2v) is 8.85. The molecule has 1 aromatic rings. The molecule has 0 radical (unpaired) electrons. The van der Waals surface area contributed by atoms with E-state index < -0.39 is 0 Å². The van der Waals surface area contributed by atoms with Crippen molar-refractivity contribution in [2.24, 2.45) is 11.8 Å². The Morgan fingerprint density at radius 1 is 1.11 bits per heavy atom. The highest BCUT2D eigenvalue weighted by Crippen LogP contribution is 2.40. The van der Waals surface area contributed by atoms with Crippen molar-refractivity contribution in [1.82, 2.24) is 15.3 Å². The van der Waals surface area contributed by atoms with E-state index in [-0.39, 0.29) is 11.8 Å². The zero-order valence-electron chi connectivity index (χ0n) is 17.4. The van der Waals surface area contributed by atoms with Crippen LogP contribution in [0.3, 0.4) is 0 Å². The lowest BCUT2D eigenvalue weighted by Crippen LogP contribution is -2.47. The van der Waals surface area contributed by atoms with Gasteiger partial charge in [0.2, 0.25) is 11.9 Å². The Bertz CT molecular complexity index is 707. The molecule has 1 aliphatic carbocycles. The van der Waals surface area contributed by atoms with Crippen molar-refractivity contribution in [1.29, 1.82) is 0 Å². The lowest BCUT2D eigenvalue weighted by Gasteiger charge is -2.39. The molecule has 3 atom stereocenters. The summed E-state index contributed by atoms with van der Waals surface area (Å²) in [5.41, 5.74) is 2.20. The van der Waals surface area contributed by atoms with Crippen molar-refractivity contribution in [3.05, 3.63) is 29.6 Å². The molecule has 1 aromatic heterocycles. The number of carbonyl (C=O) groups is 1. The van der Waals surface area contributed by atoms with E-state index in [1.165, 1.54) is 12.8 Å². The van der Waals surface area contributed by atoms with Gasteiger partial charge in [0, 0.05) is 35.9 Å². The van der Waals surface area contributed by atoms with Gasteiger partial charge in [-0.05, 0) is 76.7 Å². The Morgan fingerprint density at radius 2 is 1.79 bits per heavy atom. The van der Waals surface area contributed by atoms with Crippen LogP contribution in [0.4, 0.5) is 5.95 Å². The monoisotopic (exact) mass is 382 g/mol. The number of piperidine rings is 1. The van der Waals surface area contributed by atoms with E-state index in [1.54, 1.807) is 0 Å². The van der Waals surface area contributed by atoms with Crippen LogP contribution in [0, 0.1) is 18.8 Å². The van der Waals surface area contributed by atoms with Crippen LogP contribution < -0.4 is 10.2 Å². The predicted octanol–water partition coefficient (Wildman–Crippen LogP) is 3.96. The molecule has 1 amide bonds. The number of anilines is 1. The summed E-state index contributed by atoms with van der Waals surface area (Å²) >= 11 is 0. The van der Waals surface area contributed by atoms with Gasteiger partial charge in [0.05, 0.1) is 0 Å². The highest BCUT2D eigenvalue weighted by molar-refractivity contribution is 5.78. The third kappa shape index (κ3) is 4.23. The van der Waals surface area contributed by atoms with Crippen molar-refractivity contribution in [2.45, 2.75) is 83.7 Å². The number of nitrogens with zero attached hydrogens (tertiary/aromatic N) is 3. The van der Waals surface area contributed by atoms with Crippen molar-refractivity contribution in [3.63, 3.8) is 0 Å². The van der Waals surface area contributed by atoms with Crippen LogP contribution in [0.2, 0.25) is 0 Å². The summed E-state index contributed by atoms with van der Waals surface area (Å²) < 4.78 is 0. The third-order valence-electron chi connectivity index (χ3n) is 6.79. The third-order valence-corrected chi connectivity index (χ3v) is 6.79. The zero-order valence-corrected chi connectivity index (χ0v) is 17.4. The first-order valence-electron chi connectivity index (χ1n) is 11.2. The van der Waals surface area contributed by atoms with Crippen molar-refractivity contribution in [3.8, 4) is 0 Å². The first-order chi connectivity index (χ1) is 13.6. The number of carbonyl (C=O) groups excluding carboxylic acids is 1. The van der Waals surface area contributed by atoms with Crippen molar-refractivity contribution < 1.29 is 4.79 Å². The minimum atomic E-state index is 0.194. The van der Waals surface area contributed by atoms with Gasteiger partial charge in [-0.2, -0.15) is 0 Å². The minimum Gasteiger partial charge on any atom is -0.356 e. The van der Waals surface area contributed by atoms with Crippen LogP contribution in [0.5, 0.6) is 0 Å². The van der Waals surface area contributed by atoms with E-state index in [4.69, 9.17) is 9.97 Å². The maximum atomic E-state index is 12.6. The summed E-state index contributed by atoms with van der Waals surface area (Å²) in [6.45, 7) is 5.05. The Morgan fingerprint density at radius 3 is 2.43 bits per heavy atom. The zero-order chi connectivity index (χ0) is 19.5. The Kier molecular flexibility index (Phi) is 5.98. The van der Waals surface area contributed by atoms with E-state index in [2.05, 4.69) is 42.3 Å². The number of fused-ring (bicyclic) bond motifs is 2. The number of amides is 1. The van der Waals surface area contributed by atoms with Crippen LogP contribution >= 0.6 is 0 Å². The predicted molar refractivity (Wildman–Crippen MR) is 112 cm³/mol. The van der Waals surface area contributed by atoms with Crippen LogP contribution in [0.1, 0.15) is 69.7 Å². The fraction of sp³-hybridized carbons (Fsp3) is 0.696. The number of hydrogen-bond donors (Lipinski definition) is 1. The number of rotatable bonds is 5. The van der Waals surface area contributed by atoms with Gasteiger partial charge in [-0.1, -0.05) is 19.1 Å². The standard InChI is InChI=1S/C23H34N4O/c1-3-19-12-16(2)25-23(26-19)27-20-10-11-21(27)14-17(13-20)15-24-22(28)18-8-6-4-5-7-9-18/h4-5,12,17-18,20-21H,3,6-11,13-15H2,1-2H3,(H,24,28)/t17?,20-,21+. The number of hydrogen-bond acceptors (Lipinski definition) is 4. The highest BCUT2D eigenvalue weighted by atomic mass is 16.1. The smallest absolute Gasteiger partial charge is 0.226 e. The maximum absolute atomic E-state index is 12.6. The number of allylic oxidation sites excluding steroid dienone is 2. The molecule has 1 N–H and O–H groups in total. The maximum Gasteiger partial charge on any atom is 0.226 e. The van der Waals surface area contributed by atoms with E-state index in [9.17, 15) is 4.79 Å². The molecule has 2 saturated heterocycles. The molecule has 28 heavy (non-hydrogen) atoms. The largest absolute Gasteiger partial charge is 0.356 e. The fourth-order valence-electron chi connectivity index (χ4n) is 5.32. The van der Waals surface area contributed by atoms with E-state index in [0.717, 1.165) is 68.8 Å². The van der Waals surface area contributed by atoms with Crippen molar-refractivity contribution in [2.75, 3.05) is 11.4 Å². The molecule has 0 saturated carbocycles. The molecule has 4 rings (SSSR count). The molecule has 0 spiro atoms. The fourth-order valence-corrected chi connectivity index (χ4v) is 5.32. The van der Waals surface area contributed by atoms with Crippen LogP contribution in [-0.4, -0.2) is 34.5 Å². The number of nitrogens with one attached hydrogen (secondary N) is 1. The summed E-state index contributed by atoms with van der Waals surface area (Å²) in [6, 6.07) is 3.14. The summed E-state index contributed by atoms with van der Waals surface area (Å²) in [5, 5.41) is 3.28. The lowest BCUT2D eigenvalue weighted by atomic mass is 9.90. The Balaban J connectivity index is 1.35. The minimum absolute atomic E-state index is 0.194. The number of aryl methyl sites for hydroxylation is 2. The summed E-state index contributed by atoms with van der Waals surface area (Å²) in [7, 11) is 0. The molecule has 2 aliphatic heterocycles. The molecule has 152 valence electrons. The normalized spacial score (nSPS) is 27.6. The molecule has 2 fully saturated rings. The summed E-state index contributed by atoms with van der Waals surface area (Å²) in [6.07, 6.45) is 14.2. The van der Waals surface area contributed by atoms with Gasteiger partial charge in [0.15, 0.2) is 0 Å². The quantitative estimate of drug-likeness (QED) is 0.783. The van der Waals surface area contributed by atoms with Crippen molar-refractivity contribution >= 4 is 11.9 Å². The second-order valence-electron chi connectivity index (χ2n) is 8.85. The van der Waals surface area contributed by atoms with Gasteiger partial charge >= 0.3 is 0 Å². The van der Waals surface area contributed by atoms with Crippen LogP contribution in [-0.2, 0) is 11.2 Å². The van der Waals surface area contributed by atoms with E-state index in [0.29, 0.717) is 18.0 Å². The first-order valence-corrected chi connectivity index (χ1v) is 11.2. The van der Waals surface area contributed by atoms with Gasteiger partial charge in [-0.15, -0.1) is 0 Å². The molecule has 5 nitrogen and oxygen atoms in total. The van der Waals surface area contributed by atoms with Crippen LogP contribution in [0.15, 0.2) is 18.2 Å². The summed E-state index contributed by atoms with van der Waals surface area (Å²) in [5.74, 6) is 1.97.